The van der Waals surface area contributed by atoms with E-state index in [9.17, 15) is 0 Å². The minimum absolute atomic E-state index is 0.404. The van der Waals surface area contributed by atoms with E-state index in [-0.39, 0.29) is 0 Å². The van der Waals surface area contributed by atoms with E-state index >= 15 is 0 Å². The number of aryl methyl sites for hydroxylation is 3. The number of hydrogen-bond donors (Lipinski definition) is 0. The Bertz CT molecular complexity index is 1100. The summed E-state index contributed by atoms with van der Waals surface area (Å²) >= 11 is 1.79. The highest BCUT2D eigenvalue weighted by atomic mass is 32.1. The van der Waals surface area contributed by atoms with Gasteiger partial charge in [0.2, 0.25) is 0 Å². The maximum absolute atomic E-state index is 4.82. The van der Waals surface area contributed by atoms with Crippen LogP contribution in [0.15, 0.2) is 30.3 Å². The zero-order valence-corrected chi connectivity index (χ0v) is 15.7. The largest absolute Gasteiger partial charge is 0.241 e. The van der Waals surface area contributed by atoms with Crippen LogP contribution in [0.3, 0.4) is 0 Å². The summed E-state index contributed by atoms with van der Waals surface area (Å²) in [5.41, 5.74) is 2.16. The van der Waals surface area contributed by atoms with Crippen LogP contribution in [0, 0.1) is 20.8 Å². The average molecular weight is 362 g/mol. The van der Waals surface area contributed by atoms with Crippen molar-refractivity contribution in [3.05, 3.63) is 58.5 Å². The monoisotopic (exact) mass is 362 g/mol. The lowest BCUT2D eigenvalue weighted by Crippen LogP contribution is -2.06. The third-order valence-corrected chi connectivity index (χ3v) is 5.90. The van der Waals surface area contributed by atoms with Crippen LogP contribution in [-0.2, 0) is 0 Å². The summed E-state index contributed by atoms with van der Waals surface area (Å²) < 4.78 is 3.05. The van der Waals surface area contributed by atoms with Gasteiger partial charge in [0.05, 0.1) is 20.9 Å². The fraction of sp³-hybridized carbons (Fsp3) is 0.316. The number of hydrogen-bond acceptors (Lipinski definition) is 6. The van der Waals surface area contributed by atoms with Crippen LogP contribution in [0.4, 0.5) is 0 Å². The van der Waals surface area contributed by atoms with Crippen molar-refractivity contribution in [3.63, 3.8) is 0 Å². The van der Waals surface area contributed by atoms with Crippen LogP contribution >= 0.6 is 11.3 Å². The molecule has 0 spiro atoms. The van der Waals surface area contributed by atoms with Crippen LogP contribution in [0.5, 0.6) is 0 Å². The highest BCUT2D eigenvalue weighted by Gasteiger charge is 2.43. The Balaban J connectivity index is 1.48. The van der Waals surface area contributed by atoms with Crippen molar-refractivity contribution in [2.75, 3.05) is 0 Å². The zero-order valence-electron chi connectivity index (χ0n) is 14.8. The third-order valence-electron chi connectivity index (χ3n) is 4.73. The van der Waals surface area contributed by atoms with Gasteiger partial charge in [-0.1, -0.05) is 12.1 Å². The quantitative estimate of drug-likeness (QED) is 0.553. The van der Waals surface area contributed by atoms with Gasteiger partial charge in [-0.2, -0.15) is 4.68 Å². The Kier molecular flexibility index (Phi) is 3.40. The molecule has 26 heavy (non-hydrogen) atoms. The lowest BCUT2D eigenvalue weighted by atomic mass is 10.2. The van der Waals surface area contributed by atoms with Gasteiger partial charge in [-0.25, -0.2) is 19.9 Å². The van der Waals surface area contributed by atoms with E-state index in [4.69, 9.17) is 9.97 Å². The van der Waals surface area contributed by atoms with Crippen LogP contribution < -0.4 is 0 Å². The molecule has 1 fully saturated rings. The molecule has 6 nitrogen and oxygen atoms in total. The topological polar surface area (TPSA) is 69.4 Å². The third kappa shape index (κ3) is 2.59. The molecule has 1 aromatic carbocycles. The number of rotatable bonds is 3. The molecule has 5 rings (SSSR count). The van der Waals surface area contributed by atoms with Gasteiger partial charge in [0.25, 0.3) is 0 Å². The van der Waals surface area contributed by atoms with Crippen LogP contribution in [-0.4, -0.2) is 29.7 Å². The number of nitrogens with zero attached hydrogens (tertiary/aromatic N) is 6. The van der Waals surface area contributed by atoms with Gasteiger partial charge < -0.3 is 0 Å². The smallest absolute Gasteiger partial charge is 0.159 e. The standard InChI is InChI=1S/C19H18N6S/c1-10-21-16(9-18(22-10)25-12(3)20-11(2)24-25)13-8-14(13)19-23-15-6-4-5-7-17(15)26-19/h4-7,9,13-14H,8H2,1-3H3/t13?,14-/m0/s1. The minimum atomic E-state index is 0.404. The summed E-state index contributed by atoms with van der Waals surface area (Å²) in [4.78, 5) is 18.4. The van der Waals surface area contributed by atoms with Gasteiger partial charge >= 0.3 is 0 Å². The minimum Gasteiger partial charge on any atom is -0.241 e. The number of thiazole rings is 1. The molecule has 3 heterocycles. The molecule has 7 heteroatoms. The maximum Gasteiger partial charge on any atom is 0.159 e. The van der Waals surface area contributed by atoms with E-state index in [1.165, 1.54) is 9.71 Å². The van der Waals surface area contributed by atoms with E-state index < -0.39 is 0 Å². The summed E-state index contributed by atoms with van der Waals surface area (Å²) in [6.45, 7) is 5.77. The summed E-state index contributed by atoms with van der Waals surface area (Å²) in [7, 11) is 0. The first-order valence-corrected chi connectivity index (χ1v) is 9.52. The first-order valence-electron chi connectivity index (χ1n) is 8.70. The molecule has 1 unspecified atom stereocenters. The number of benzene rings is 1. The Morgan fingerprint density at radius 1 is 0.962 bits per heavy atom. The SMILES string of the molecule is Cc1nc(C2C[C@@H]2c2nc3ccccc3s2)cc(-n2nc(C)nc2C)n1. The summed E-state index contributed by atoms with van der Waals surface area (Å²) in [5, 5.41) is 5.66. The van der Waals surface area contributed by atoms with Gasteiger partial charge in [-0.05, 0) is 39.3 Å². The molecule has 4 aromatic rings. The Labute approximate surface area is 155 Å². The summed E-state index contributed by atoms with van der Waals surface area (Å²) in [6, 6.07) is 10.4. The highest BCUT2D eigenvalue weighted by molar-refractivity contribution is 7.18. The molecule has 0 saturated heterocycles. The maximum atomic E-state index is 4.82. The van der Waals surface area contributed by atoms with E-state index in [0.717, 1.165) is 40.9 Å². The van der Waals surface area contributed by atoms with E-state index in [1.807, 2.05) is 32.9 Å². The molecule has 1 saturated carbocycles. The molecular weight excluding hydrogens is 344 g/mol. The second kappa shape index (κ2) is 5.67. The fourth-order valence-electron chi connectivity index (χ4n) is 3.45. The van der Waals surface area contributed by atoms with Crippen molar-refractivity contribution in [2.24, 2.45) is 0 Å². The van der Waals surface area contributed by atoms with Crippen molar-refractivity contribution in [3.8, 4) is 5.82 Å². The van der Waals surface area contributed by atoms with Crippen molar-refractivity contribution in [1.29, 1.82) is 0 Å². The molecule has 0 radical (unpaired) electrons. The summed E-state index contributed by atoms with van der Waals surface area (Å²) in [5.74, 6) is 4.00. The number of fused-ring (bicyclic) bond motifs is 1. The predicted octanol–water partition coefficient (Wildman–Crippen LogP) is 3.86. The zero-order chi connectivity index (χ0) is 17.8. The molecule has 0 amide bonds. The van der Waals surface area contributed by atoms with E-state index in [0.29, 0.717) is 11.8 Å². The van der Waals surface area contributed by atoms with Gasteiger partial charge in [0.15, 0.2) is 5.82 Å². The Morgan fingerprint density at radius 2 is 1.81 bits per heavy atom. The fourth-order valence-corrected chi connectivity index (χ4v) is 4.60. The van der Waals surface area contributed by atoms with Crippen molar-refractivity contribution in [2.45, 2.75) is 39.0 Å². The first kappa shape index (κ1) is 15.6. The van der Waals surface area contributed by atoms with E-state index in [2.05, 4.69) is 33.3 Å². The van der Waals surface area contributed by atoms with Crippen molar-refractivity contribution >= 4 is 21.6 Å². The second-order valence-electron chi connectivity index (χ2n) is 6.78. The molecule has 1 aliphatic carbocycles. The van der Waals surface area contributed by atoms with E-state index in [1.54, 1.807) is 16.0 Å². The number of aromatic nitrogens is 6. The number of para-hydroxylation sites is 1. The highest BCUT2D eigenvalue weighted by Crippen LogP contribution is 2.55. The molecule has 1 aliphatic rings. The first-order chi connectivity index (χ1) is 12.6. The average Bonchev–Trinajstić information content (AvgIpc) is 3.18. The molecule has 130 valence electrons. The predicted molar refractivity (Wildman–Crippen MR) is 101 cm³/mol. The van der Waals surface area contributed by atoms with Gasteiger partial charge in [0.1, 0.15) is 17.5 Å². The summed E-state index contributed by atoms with van der Waals surface area (Å²) in [6.07, 6.45) is 1.09. The second-order valence-corrected chi connectivity index (χ2v) is 7.85. The van der Waals surface area contributed by atoms with Gasteiger partial charge in [-0.15, -0.1) is 16.4 Å². The molecule has 0 N–H and O–H groups in total. The van der Waals surface area contributed by atoms with Crippen molar-refractivity contribution < 1.29 is 0 Å². The lowest BCUT2D eigenvalue weighted by Gasteiger charge is -2.06. The van der Waals surface area contributed by atoms with Gasteiger partial charge in [-0.3, -0.25) is 0 Å². The Hall–Kier alpha value is -2.67. The van der Waals surface area contributed by atoms with Crippen LogP contribution in [0.1, 0.15) is 46.4 Å². The van der Waals surface area contributed by atoms with Crippen molar-refractivity contribution in [1.82, 2.24) is 29.7 Å². The lowest BCUT2D eigenvalue weighted by molar-refractivity contribution is 0.778. The molecule has 0 bridgehead atoms. The molecule has 3 aromatic heterocycles. The van der Waals surface area contributed by atoms with Crippen LogP contribution in [0.2, 0.25) is 0 Å². The molecule has 2 atom stereocenters. The molecular formula is C19H18N6S. The normalized spacial score (nSPS) is 19.2. The Morgan fingerprint density at radius 3 is 2.58 bits per heavy atom. The van der Waals surface area contributed by atoms with Gasteiger partial charge in [0, 0.05) is 17.9 Å². The van der Waals surface area contributed by atoms with Crippen LogP contribution in [0.25, 0.3) is 16.0 Å². The molecule has 0 aliphatic heterocycles.